The van der Waals surface area contributed by atoms with Crippen molar-refractivity contribution in [3.05, 3.63) is 29.8 Å². The molecule has 0 aliphatic carbocycles. The summed E-state index contributed by atoms with van der Waals surface area (Å²) in [7, 11) is 0. The van der Waals surface area contributed by atoms with Crippen LogP contribution in [-0.2, 0) is 13.0 Å². The summed E-state index contributed by atoms with van der Waals surface area (Å²) in [6.45, 7) is 5.23. The smallest absolute Gasteiger partial charge is 0.190 e. The van der Waals surface area contributed by atoms with Gasteiger partial charge in [0.15, 0.2) is 5.78 Å². The number of hydrogen-bond acceptors (Lipinski definition) is 5. The van der Waals surface area contributed by atoms with E-state index in [0.717, 1.165) is 12.1 Å². The number of nitrogens with zero attached hydrogens (tertiary/aromatic N) is 5. The highest BCUT2D eigenvalue weighted by Gasteiger charge is 2.14. The monoisotopic (exact) mass is 276 g/mol. The molecule has 0 bridgehead atoms. The summed E-state index contributed by atoms with van der Waals surface area (Å²) in [5.41, 5.74) is 6.54. The van der Waals surface area contributed by atoms with Gasteiger partial charge in [-0.05, 0) is 19.4 Å². The minimum absolute atomic E-state index is 0.0809. The van der Waals surface area contributed by atoms with Crippen LogP contribution in [0.5, 0.6) is 0 Å². The van der Waals surface area contributed by atoms with Gasteiger partial charge in [0.2, 0.25) is 0 Å². The van der Waals surface area contributed by atoms with Crippen LogP contribution in [0.25, 0.3) is 0 Å². The predicted molar refractivity (Wildman–Crippen MR) is 74.3 cm³/mol. The summed E-state index contributed by atoms with van der Waals surface area (Å²) >= 11 is 0. The zero-order chi connectivity index (χ0) is 14.5. The molecule has 0 fully saturated rings. The van der Waals surface area contributed by atoms with E-state index in [1.54, 1.807) is 10.9 Å². The highest BCUT2D eigenvalue weighted by atomic mass is 16.1. The van der Waals surface area contributed by atoms with Gasteiger partial charge in [-0.3, -0.25) is 14.2 Å². The fourth-order valence-electron chi connectivity index (χ4n) is 1.83. The van der Waals surface area contributed by atoms with Crippen LogP contribution in [0.3, 0.4) is 0 Å². The molecule has 0 radical (unpaired) electrons. The Morgan fingerprint density at radius 3 is 3.00 bits per heavy atom. The summed E-state index contributed by atoms with van der Waals surface area (Å²) < 4.78 is 3.46. The van der Waals surface area contributed by atoms with E-state index in [-0.39, 0.29) is 12.2 Å². The lowest BCUT2D eigenvalue weighted by molar-refractivity contribution is 0.0987. The second kappa shape index (κ2) is 6.42. The van der Waals surface area contributed by atoms with Crippen LogP contribution in [-0.4, -0.2) is 37.1 Å². The molecule has 1 unspecified atom stereocenters. The lowest BCUT2D eigenvalue weighted by Crippen LogP contribution is -2.10. The van der Waals surface area contributed by atoms with Gasteiger partial charge in [-0.1, -0.05) is 12.1 Å². The van der Waals surface area contributed by atoms with Crippen molar-refractivity contribution < 1.29 is 4.79 Å². The van der Waals surface area contributed by atoms with E-state index in [4.69, 9.17) is 5.73 Å². The fourth-order valence-corrected chi connectivity index (χ4v) is 1.83. The van der Waals surface area contributed by atoms with Gasteiger partial charge in [-0.15, -0.1) is 5.10 Å². The average Bonchev–Trinajstić information content (AvgIpc) is 3.07. The molecule has 0 saturated heterocycles. The van der Waals surface area contributed by atoms with Crippen LogP contribution in [0.4, 0.5) is 0 Å². The number of carbonyl (C=O) groups excluding carboxylic acids is 1. The highest BCUT2D eigenvalue weighted by molar-refractivity contribution is 5.95. The lowest BCUT2D eigenvalue weighted by Gasteiger charge is -2.07. The van der Waals surface area contributed by atoms with Crippen LogP contribution in [0, 0.1) is 0 Å². The number of aromatic nitrogens is 5. The summed E-state index contributed by atoms with van der Waals surface area (Å²) in [5.74, 6) is -0.0809. The SMILES string of the molecule is CCC(C)n1ccc(CC(=O)c2cn(CCN)nn2)n1. The van der Waals surface area contributed by atoms with E-state index >= 15 is 0 Å². The summed E-state index contributed by atoms with van der Waals surface area (Å²) in [6.07, 6.45) is 4.77. The molecule has 0 aliphatic rings. The van der Waals surface area contributed by atoms with E-state index < -0.39 is 0 Å². The van der Waals surface area contributed by atoms with Crippen LogP contribution in [0.2, 0.25) is 0 Å². The Bertz CT molecular complexity index is 573. The molecule has 0 aromatic carbocycles. The molecule has 0 aliphatic heterocycles. The maximum Gasteiger partial charge on any atom is 0.190 e. The average molecular weight is 276 g/mol. The largest absolute Gasteiger partial charge is 0.329 e. The zero-order valence-corrected chi connectivity index (χ0v) is 11.9. The van der Waals surface area contributed by atoms with Crippen molar-refractivity contribution in [2.45, 2.75) is 39.3 Å². The molecular formula is C13H20N6O. The van der Waals surface area contributed by atoms with Crippen LogP contribution < -0.4 is 5.73 Å². The zero-order valence-electron chi connectivity index (χ0n) is 11.9. The number of nitrogens with two attached hydrogens (primary N) is 1. The van der Waals surface area contributed by atoms with Gasteiger partial charge in [-0.25, -0.2) is 0 Å². The number of Topliss-reactive ketones (excluding diaryl/α,β-unsaturated/α-hetero) is 1. The molecule has 2 N–H and O–H groups in total. The molecule has 7 heteroatoms. The molecular weight excluding hydrogens is 256 g/mol. The molecule has 2 aromatic rings. The minimum atomic E-state index is -0.0809. The molecule has 1 atom stereocenters. The second-order valence-electron chi connectivity index (χ2n) is 4.80. The van der Waals surface area contributed by atoms with Crippen LogP contribution >= 0.6 is 0 Å². The van der Waals surface area contributed by atoms with E-state index in [2.05, 4.69) is 29.3 Å². The normalized spacial score (nSPS) is 12.6. The van der Waals surface area contributed by atoms with Gasteiger partial charge in [0.05, 0.1) is 24.9 Å². The number of carbonyl (C=O) groups is 1. The number of rotatable bonds is 7. The Labute approximate surface area is 117 Å². The molecule has 20 heavy (non-hydrogen) atoms. The first-order chi connectivity index (χ1) is 9.63. The van der Waals surface area contributed by atoms with Gasteiger partial charge in [0, 0.05) is 18.8 Å². The first kappa shape index (κ1) is 14.4. The van der Waals surface area contributed by atoms with Crippen molar-refractivity contribution in [3.63, 3.8) is 0 Å². The summed E-state index contributed by atoms with van der Waals surface area (Å²) in [5, 5.41) is 12.1. The third-order valence-corrected chi connectivity index (χ3v) is 3.23. The molecule has 0 spiro atoms. The molecule has 0 saturated carbocycles. The fraction of sp³-hybridized carbons (Fsp3) is 0.538. The van der Waals surface area contributed by atoms with Gasteiger partial charge in [-0.2, -0.15) is 5.10 Å². The molecule has 2 rings (SSSR count). The molecule has 0 amide bonds. The van der Waals surface area contributed by atoms with Gasteiger partial charge in [0.25, 0.3) is 0 Å². The van der Waals surface area contributed by atoms with Crippen molar-refractivity contribution in [2.75, 3.05) is 6.54 Å². The summed E-state index contributed by atoms with van der Waals surface area (Å²) in [6, 6.07) is 2.21. The van der Waals surface area contributed by atoms with E-state index in [0.29, 0.717) is 24.8 Å². The number of ketones is 1. The van der Waals surface area contributed by atoms with Crippen molar-refractivity contribution in [3.8, 4) is 0 Å². The predicted octanol–water partition coefficient (Wildman–Crippen LogP) is 0.830. The Morgan fingerprint density at radius 2 is 2.30 bits per heavy atom. The first-order valence-corrected chi connectivity index (χ1v) is 6.81. The Hall–Kier alpha value is -2.02. The van der Waals surface area contributed by atoms with E-state index in [1.165, 1.54) is 0 Å². The standard InChI is InChI=1S/C13H20N6O/c1-3-10(2)19-6-4-11(16-19)8-13(20)12-9-18(7-5-14)17-15-12/h4,6,9-10H,3,5,7-8,14H2,1-2H3. The van der Waals surface area contributed by atoms with Gasteiger partial charge >= 0.3 is 0 Å². The molecule has 7 nitrogen and oxygen atoms in total. The first-order valence-electron chi connectivity index (χ1n) is 6.81. The Morgan fingerprint density at radius 1 is 1.50 bits per heavy atom. The van der Waals surface area contributed by atoms with Crippen molar-refractivity contribution >= 4 is 5.78 Å². The van der Waals surface area contributed by atoms with E-state index in [9.17, 15) is 4.79 Å². The molecule has 108 valence electrons. The van der Waals surface area contributed by atoms with Crippen molar-refractivity contribution in [1.82, 2.24) is 24.8 Å². The second-order valence-corrected chi connectivity index (χ2v) is 4.80. The molecule has 2 aromatic heterocycles. The molecule has 2 heterocycles. The number of hydrogen-bond donors (Lipinski definition) is 1. The van der Waals surface area contributed by atoms with Gasteiger partial charge < -0.3 is 5.73 Å². The Kier molecular flexibility index (Phi) is 4.62. The maximum atomic E-state index is 12.1. The third-order valence-electron chi connectivity index (χ3n) is 3.23. The third kappa shape index (κ3) is 3.30. The van der Waals surface area contributed by atoms with E-state index in [1.807, 2.05) is 16.9 Å². The Balaban J connectivity index is 2.01. The van der Waals surface area contributed by atoms with Crippen molar-refractivity contribution in [1.29, 1.82) is 0 Å². The topological polar surface area (TPSA) is 91.6 Å². The minimum Gasteiger partial charge on any atom is -0.329 e. The maximum absolute atomic E-state index is 12.1. The van der Waals surface area contributed by atoms with Gasteiger partial charge in [0.1, 0.15) is 5.69 Å². The lowest BCUT2D eigenvalue weighted by atomic mass is 10.2. The highest BCUT2D eigenvalue weighted by Crippen LogP contribution is 2.10. The summed E-state index contributed by atoms with van der Waals surface area (Å²) in [4.78, 5) is 12.1. The quantitative estimate of drug-likeness (QED) is 0.756. The van der Waals surface area contributed by atoms with Crippen LogP contribution in [0.1, 0.15) is 42.5 Å². The van der Waals surface area contributed by atoms with Crippen LogP contribution in [0.15, 0.2) is 18.5 Å². The van der Waals surface area contributed by atoms with Crippen molar-refractivity contribution in [2.24, 2.45) is 5.73 Å².